The summed E-state index contributed by atoms with van der Waals surface area (Å²) in [5.41, 5.74) is 3.95. The minimum absolute atomic E-state index is 0.0155. The van der Waals surface area contributed by atoms with E-state index in [0.29, 0.717) is 25.2 Å². The molecule has 2 aliphatic heterocycles. The van der Waals surface area contributed by atoms with Gasteiger partial charge in [0.15, 0.2) is 17.0 Å². The zero-order valence-corrected chi connectivity index (χ0v) is 17.4. The van der Waals surface area contributed by atoms with Crippen molar-refractivity contribution in [2.24, 2.45) is 5.92 Å². The number of hydrogen-bond acceptors (Lipinski definition) is 7. The van der Waals surface area contributed by atoms with Gasteiger partial charge >= 0.3 is 0 Å². The van der Waals surface area contributed by atoms with Gasteiger partial charge in [-0.15, -0.1) is 5.10 Å². The Bertz CT molecular complexity index is 1070. The molecule has 0 N–H and O–H groups in total. The Labute approximate surface area is 175 Å². The molecule has 0 unspecified atom stereocenters. The number of hydrogen-bond donors (Lipinski definition) is 0. The first-order chi connectivity index (χ1) is 14.6. The summed E-state index contributed by atoms with van der Waals surface area (Å²) in [7, 11) is 0. The van der Waals surface area contributed by atoms with E-state index in [9.17, 15) is 4.79 Å². The van der Waals surface area contributed by atoms with Crippen LogP contribution in [-0.4, -0.2) is 75.0 Å². The van der Waals surface area contributed by atoms with Gasteiger partial charge in [-0.25, -0.2) is 14.6 Å². The molecule has 0 aliphatic carbocycles. The lowest BCUT2D eigenvalue weighted by molar-refractivity contribution is -0.136. The quantitative estimate of drug-likeness (QED) is 0.646. The van der Waals surface area contributed by atoms with Crippen LogP contribution in [0.1, 0.15) is 12.5 Å². The average molecular weight is 406 g/mol. The largest absolute Gasteiger partial charge is 0.368 e. The number of aromatic nitrogens is 5. The number of fused-ring (bicyclic) bond motifs is 1. The van der Waals surface area contributed by atoms with Crippen LogP contribution >= 0.6 is 0 Å². The summed E-state index contributed by atoms with van der Waals surface area (Å²) in [5, 5.41) is 8.38. The van der Waals surface area contributed by atoms with Crippen LogP contribution in [0.25, 0.3) is 11.2 Å². The summed E-state index contributed by atoms with van der Waals surface area (Å²) in [4.78, 5) is 28.2. The number of anilines is 2. The fourth-order valence-corrected chi connectivity index (χ4v) is 4.30. The topological polar surface area (TPSA) is 83.3 Å². The fourth-order valence-electron chi connectivity index (χ4n) is 4.30. The second-order valence-electron chi connectivity index (χ2n) is 8.03. The monoisotopic (exact) mass is 406 g/mol. The first kappa shape index (κ1) is 18.8. The molecule has 1 aromatic carbocycles. The average Bonchev–Trinajstić information content (AvgIpc) is 3.17. The second kappa shape index (κ2) is 7.55. The highest BCUT2D eigenvalue weighted by atomic mass is 16.2. The summed E-state index contributed by atoms with van der Waals surface area (Å²) in [5.74, 6) is 1.03. The summed E-state index contributed by atoms with van der Waals surface area (Å²) < 4.78 is 1.76. The first-order valence-corrected chi connectivity index (χ1v) is 10.5. The van der Waals surface area contributed by atoms with Crippen molar-refractivity contribution < 1.29 is 4.79 Å². The van der Waals surface area contributed by atoms with Gasteiger partial charge in [-0.2, -0.15) is 0 Å². The van der Waals surface area contributed by atoms with Gasteiger partial charge in [-0.05, 0) is 31.5 Å². The van der Waals surface area contributed by atoms with Gasteiger partial charge in [-0.3, -0.25) is 4.79 Å². The third kappa shape index (κ3) is 3.24. The first-order valence-electron chi connectivity index (χ1n) is 10.5. The molecule has 0 radical (unpaired) electrons. The Hall–Kier alpha value is -3.23. The maximum absolute atomic E-state index is 13.0. The van der Waals surface area contributed by atoms with E-state index in [1.165, 1.54) is 11.3 Å². The van der Waals surface area contributed by atoms with Crippen LogP contribution < -0.4 is 9.80 Å². The molecule has 0 spiro atoms. The smallest absolute Gasteiger partial charge is 0.229 e. The second-order valence-corrected chi connectivity index (χ2v) is 8.03. The van der Waals surface area contributed by atoms with Gasteiger partial charge in [-0.1, -0.05) is 17.3 Å². The number of rotatable bonds is 4. The van der Waals surface area contributed by atoms with Crippen molar-refractivity contribution >= 4 is 28.6 Å². The third-order valence-electron chi connectivity index (χ3n) is 6.07. The van der Waals surface area contributed by atoms with Crippen molar-refractivity contribution in [3.05, 3.63) is 36.2 Å². The van der Waals surface area contributed by atoms with Crippen LogP contribution in [0.5, 0.6) is 0 Å². The number of aryl methyl sites for hydroxylation is 2. The van der Waals surface area contributed by atoms with Crippen molar-refractivity contribution in [2.45, 2.75) is 20.4 Å². The van der Waals surface area contributed by atoms with Crippen LogP contribution in [0.15, 0.2) is 30.6 Å². The molecule has 2 fully saturated rings. The number of piperazine rings is 1. The van der Waals surface area contributed by atoms with Crippen LogP contribution in [-0.2, 0) is 11.3 Å². The highest BCUT2D eigenvalue weighted by molar-refractivity contribution is 5.86. The lowest BCUT2D eigenvalue weighted by atomic mass is 9.98. The van der Waals surface area contributed by atoms with Gasteiger partial charge in [0.25, 0.3) is 0 Å². The highest BCUT2D eigenvalue weighted by Crippen LogP contribution is 2.29. The zero-order valence-electron chi connectivity index (χ0n) is 17.4. The van der Waals surface area contributed by atoms with E-state index in [1.54, 1.807) is 11.0 Å². The van der Waals surface area contributed by atoms with E-state index in [1.807, 2.05) is 11.8 Å². The van der Waals surface area contributed by atoms with Gasteiger partial charge in [0.1, 0.15) is 6.33 Å². The van der Waals surface area contributed by atoms with Crippen LogP contribution in [0, 0.1) is 12.8 Å². The van der Waals surface area contributed by atoms with Gasteiger partial charge in [0.05, 0.1) is 5.92 Å². The Morgan fingerprint density at radius 3 is 2.63 bits per heavy atom. The van der Waals surface area contributed by atoms with E-state index in [0.717, 1.165) is 37.6 Å². The summed E-state index contributed by atoms with van der Waals surface area (Å²) in [6, 6.07) is 8.55. The van der Waals surface area contributed by atoms with Gasteiger partial charge in [0.2, 0.25) is 5.91 Å². The van der Waals surface area contributed by atoms with E-state index >= 15 is 0 Å². The maximum Gasteiger partial charge on any atom is 0.229 e. The summed E-state index contributed by atoms with van der Waals surface area (Å²) >= 11 is 0. The number of benzene rings is 1. The Balaban J connectivity index is 1.19. The molecule has 0 atom stereocenters. The third-order valence-corrected chi connectivity index (χ3v) is 6.07. The van der Waals surface area contributed by atoms with Crippen LogP contribution in [0.2, 0.25) is 0 Å². The fraction of sp³-hybridized carbons (Fsp3) is 0.476. The number of amides is 1. The molecular weight excluding hydrogens is 380 g/mol. The Kier molecular flexibility index (Phi) is 4.72. The van der Waals surface area contributed by atoms with E-state index in [4.69, 9.17) is 0 Å². The van der Waals surface area contributed by atoms with Crippen molar-refractivity contribution in [3.8, 4) is 0 Å². The van der Waals surface area contributed by atoms with Crippen molar-refractivity contribution in [1.82, 2.24) is 29.9 Å². The minimum Gasteiger partial charge on any atom is -0.368 e. The lowest BCUT2D eigenvalue weighted by Crippen LogP contribution is -2.58. The number of carbonyl (C=O) groups excluding carboxylic acids is 1. The molecule has 4 heterocycles. The van der Waals surface area contributed by atoms with Gasteiger partial charge < -0.3 is 14.7 Å². The molecule has 2 saturated heterocycles. The molecule has 2 aliphatic rings. The molecule has 9 heteroatoms. The van der Waals surface area contributed by atoms with Crippen molar-refractivity contribution in [2.75, 3.05) is 49.1 Å². The number of nitrogens with zero attached hydrogens (tertiary/aromatic N) is 8. The molecule has 0 bridgehead atoms. The summed E-state index contributed by atoms with van der Waals surface area (Å²) in [6.45, 7) is 9.45. The predicted molar refractivity (Wildman–Crippen MR) is 114 cm³/mol. The molecule has 3 aromatic rings. The molecule has 156 valence electrons. The maximum atomic E-state index is 13.0. The standard InChI is InChI=1S/C21H26N8O/c1-3-29-20-18(24-25-29)19(22-14-23-20)28-12-16(13-28)21(30)27-9-7-26(8-10-27)17-6-4-5-15(2)11-17/h4-6,11,14,16H,3,7-10,12-13H2,1-2H3. The van der Waals surface area contributed by atoms with E-state index < -0.39 is 0 Å². The summed E-state index contributed by atoms with van der Waals surface area (Å²) in [6.07, 6.45) is 1.55. The van der Waals surface area contributed by atoms with E-state index in [-0.39, 0.29) is 11.8 Å². The highest BCUT2D eigenvalue weighted by Gasteiger charge is 2.38. The van der Waals surface area contributed by atoms with E-state index in [2.05, 4.69) is 61.3 Å². The molecule has 2 aromatic heterocycles. The zero-order chi connectivity index (χ0) is 20.7. The Morgan fingerprint density at radius 2 is 1.90 bits per heavy atom. The predicted octanol–water partition coefficient (Wildman–Crippen LogP) is 1.33. The molecular formula is C21H26N8O. The Morgan fingerprint density at radius 1 is 1.10 bits per heavy atom. The lowest BCUT2D eigenvalue weighted by Gasteiger charge is -2.43. The SMILES string of the molecule is CCn1nnc2c(N3CC(C(=O)N4CCN(c5cccc(C)c5)CC4)C3)ncnc21. The molecule has 1 amide bonds. The van der Waals surface area contributed by atoms with Crippen LogP contribution in [0.4, 0.5) is 11.5 Å². The normalized spacial score (nSPS) is 17.5. The van der Waals surface area contributed by atoms with Crippen LogP contribution in [0.3, 0.4) is 0 Å². The minimum atomic E-state index is 0.0155. The van der Waals surface area contributed by atoms with Gasteiger partial charge in [0, 0.05) is 51.5 Å². The number of carbonyl (C=O) groups is 1. The molecule has 5 rings (SSSR count). The molecule has 9 nitrogen and oxygen atoms in total. The van der Waals surface area contributed by atoms with Crippen molar-refractivity contribution in [1.29, 1.82) is 0 Å². The van der Waals surface area contributed by atoms with Crippen molar-refractivity contribution in [3.63, 3.8) is 0 Å². The molecule has 30 heavy (non-hydrogen) atoms. The molecule has 0 saturated carbocycles.